The van der Waals surface area contributed by atoms with Gasteiger partial charge in [0, 0.05) is 50.0 Å². The highest BCUT2D eigenvalue weighted by atomic mass is 19.3. The van der Waals surface area contributed by atoms with Crippen LogP contribution in [0.15, 0.2) is 47.6 Å². The number of aromatic nitrogens is 1. The van der Waals surface area contributed by atoms with Crippen LogP contribution < -0.4 is 10.6 Å². The number of rotatable bonds is 5. The van der Waals surface area contributed by atoms with Gasteiger partial charge in [-0.2, -0.15) is 0 Å². The van der Waals surface area contributed by atoms with E-state index in [0.29, 0.717) is 17.1 Å². The predicted octanol–water partition coefficient (Wildman–Crippen LogP) is 5.09. The summed E-state index contributed by atoms with van der Waals surface area (Å²) in [5.41, 5.74) is 6.00. The normalized spacial score (nSPS) is 16.0. The minimum absolute atomic E-state index is 0.0932. The van der Waals surface area contributed by atoms with Crippen molar-refractivity contribution in [1.82, 2.24) is 4.98 Å². The molecule has 31 heavy (non-hydrogen) atoms. The van der Waals surface area contributed by atoms with Gasteiger partial charge < -0.3 is 10.6 Å². The fourth-order valence-corrected chi connectivity index (χ4v) is 2.87. The first-order valence-corrected chi connectivity index (χ1v) is 9.79. The number of pyridine rings is 1. The first-order chi connectivity index (χ1) is 14.8. The van der Waals surface area contributed by atoms with Crippen molar-refractivity contribution in [3.63, 3.8) is 0 Å². The quantitative estimate of drug-likeness (QED) is 0.401. The third-order valence-corrected chi connectivity index (χ3v) is 4.51. The maximum atomic E-state index is 14.0. The van der Waals surface area contributed by atoms with Crippen molar-refractivity contribution in [2.24, 2.45) is 10.7 Å². The van der Waals surface area contributed by atoms with Gasteiger partial charge in [0.2, 0.25) is 0 Å². The largest absolute Gasteiger partial charge is 0.404 e. The lowest BCUT2D eigenvalue weighted by Gasteiger charge is -2.32. The van der Waals surface area contributed by atoms with Crippen LogP contribution in [0.4, 0.5) is 30.4 Å². The molecular formula is C21H24F3N5O2. The summed E-state index contributed by atoms with van der Waals surface area (Å²) in [6.45, 7) is 4.38. The molecule has 7 nitrogen and oxygen atoms in total. The van der Waals surface area contributed by atoms with Crippen LogP contribution in [0, 0.1) is 15.9 Å². The zero-order chi connectivity index (χ0) is 23.0. The molecule has 0 radical (unpaired) electrons. The van der Waals surface area contributed by atoms with Gasteiger partial charge in [0.25, 0.3) is 11.6 Å². The maximum Gasteiger partial charge on any atom is 0.272 e. The number of nitro benzene ring substituents is 1. The number of nitrogens with zero attached hydrogens (tertiary/aromatic N) is 4. The summed E-state index contributed by atoms with van der Waals surface area (Å²) in [5, 5.41) is 10.7. The summed E-state index contributed by atoms with van der Waals surface area (Å²) in [6, 6.07) is 8.22. The molecule has 0 saturated carbocycles. The first kappa shape index (κ1) is 23.8. The van der Waals surface area contributed by atoms with E-state index in [0.717, 1.165) is 12.1 Å². The molecule has 2 aromatic rings. The summed E-state index contributed by atoms with van der Waals surface area (Å²) >= 11 is 0. The van der Waals surface area contributed by atoms with Crippen molar-refractivity contribution in [3.8, 4) is 0 Å². The Morgan fingerprint density at radius 2 is 1.94 bits per heavy atom. The van der Waals surface area contributed by atoms with E-state index in [9.17, 15) is 23.3 Å². The van der Waals surface area contributed by atoms with E-state index < -0.39 is 16.7 Å². The molecule has 0 unspecified atom stereocenters. The Morgan fingerprint density at radius 3 is 2.52 bits per heavy atom. The number of alkyl halides is 2. The Balaban J connectivity index is 0.00000166. The molecule has 10 heteroatoms. The van der Waals surface area contributed by atoms with Gasteiger partial charge in [0.15, 0.2) is 5.82 Å². The average molecular weight is 435 g/mol. The highest BCUT2D eigenvalue weighted by Crippen LogP contribution is 2.30. The number of nitrogens with two attached hydrogens (primary N) is 1. The van der Waals surface area contributed by atoms with Gasteiger partial charge in [0.1, 0.15) is 5.82 Å². The van der Waals surface area contributed by atoms with Crippen LogP contribution in [-0.4, -0.2) is 35.1 Å². The summed E-state index contributed by atoms with van der Waals surface area (Å²) in [5.74, 6) is -2.96. The minimum atomic E-state index is -2.65. The van der Waals surface area contributed by atoms with Crippen LogP contribution in [0.1, 0.15) is 32.4 Å². The standard InChI is InChI=1S/C19H18F3N5O2.C2H6/c20-15-10-14(27(28)29)4-5-17(15)24-12-13(11-23)16-2-1-3-18(25-16)26-8-6-19(21,22)7-9-26;1-2/h1-5,10-12H,6-9,23H2;1-2H3/b13-11+,24-12?;. The van der Waals surface area contributed by atoms with Crippen LogP contribution in [-0.2, 0) is 0 Å². The molecule has 0 atom stereocenters. The molecule has 1 aliphatic heterocycles. The zero-order valence-electron chi connectivity index (χ0n) is 17.3. The number of anilines is 1. The minimum Gasteiger partial charge on any atom is -0.404 e. The zero-order valence-corrected chi connectivity index (χ0v) is 17.3. The van der Waals surface area contributed by atoms with Gasteiger partial charge >= 0.3 is 0 Å². The lowest BCUT2D eigenvalue weighted by atomic mass is 10.1. The van der Waals surface area contributed by atoms with Crippen molar-refractivity contribution in [1.29, 1.82) is 0 Å². The Morgan fingerprint density at radius 1 is 1.26 bits per heavy atom. The number of non-ortho nitro benzene ring substituents is 1. The Bertz CT molecular complexity index is 969. The first-order valence-electron chi connectivity index (χ1n) is 9.79. The molecule has 2 N–H and O–H groups in total. The van der Waals surface area contributed by atoms with Gasteiger partial charge in [-0.05, 0) is 18.2 Å². The number of piperidine rings is 1. The van der Waals surface area contributed by atoms with Gasteiger partial charge in [-0.15, -0.1) is 0 Å². The second-order valence-electron chi connectivity index (χ2n) is 6.50. The molecule has 0 spiro atoms. The lowest BCUT2D eigenvalue weighted by molar-refractivity contribution is -0.385. The van der Waals surface area contributed by atoms with Crippen molar-refractivity contribution in [2.75, 3.05) is 18.0 Å². The second-order valence-corrected chi connectivity index (χ2v) is 6.50. The molecule has 2 heterocycles. The number of aliphatic imine (C=N–C) groups is 1. The third-order valence-electron chi connectivity index (χ3n) is 4.51. The predicted molar refractivity (Wildman–Crippen MR) is 115 cm³/mol. The summed E-state index contributed by atoms with van der Waals surface area (Å²) in [6.07, 6.45) is 2.06. The molecule has 0 amide bonds. The number of benzene rings is 1. The fraction of sp³-hybridized carbons (Fsp3) is 0.333. The molecular weight excluding hydrogens is 411 g/mol. The molecule has 0 bridgehead atoms. The van der Waals surface area contributed by atoms with Gasteiger partial charge in [-0.3, -0.25) is 15.1 Å². The van der Waals surface area contributed by atoms with Gasteiger partial charge in [0.05, 0.1) is 22.4 Å². The average Bonchev–Trinajstić information content (AvgIpc) is 2.76. The smallest absolute Gasteiger partial charge is 0.272 e. The number of halogens is 3. The maximum absolute atomic E-state index is 14.0. The van der Waals surface area contributed by atoms with Crippen LogP contribution in [0.5, 0.6) is 0 Å². The van der Waals surface area contributed by atoms with E-state index >= 15 is 0 Å². The Hall–Kier alpha value is -3.43. The molecule has 1 saturated heterocycles. The van der Waals surface area contributed by atoms with E-state index in [-0.39, 0.29) is 37.3 Å². The number of hydrogen-bond donors (Lipinski definition) is 1. The van der Waals surface area contributed by atoms with Crippen molar-refractivity contribution >= 4 is 29.0 Å². The van der Waals surface area contributed by atoms with E-state index in [2.05, 4.69) is 9.98 Å². The van der Waals surface area contributed by atoms with E-state index in [1.54, 1.807) is 23.1 Å². The molecule has 166 valence electrons. The fourth-order valence-electron chi connectivity index (χ4n) is 2.87. The van der Waals surface area contributed by atoms with Crippen molar-refractivity contribution in [2.45, 2.75) is 32.6 Å². The van der Waals surface area contributed by atoms with Gasteiger partial charge in [-0.25, -0.2) is 18.2 Å². The lowest BCUT2D eigenvalue weighted by Crippen LogP contribution is -2.39. The Kier molecular flexibility index (Phi) is 8.12. The monoisotopic (exact) mass is 435 g/mol. The molecule has 1 fully saturated rings. The van der Waals surface area contributed by atoms with E-state index in [1.807, 2.05) is 13.8 Å². The van der Waals surface area contributed by atoms with Crippen LogP contribution in [0.25, 0.3) is 5.57 Å². The molecule has 3 rings (SSSR count). The molecule has 1 aromatic heterocycles. The molecule has 1 aromatic carbocycles. The SMILES string of the molecule is CC.N/C=C(\C=Nc1ccc([N+](=O)[O-])cc1F)c1cccc(N2CCC(F)(F)CC2)n1. The van der Waals surface area contributed by atoms with E-state index in [1.165, 1.54) is 18.5 Å². The highest BCUT2D eigenvalue weighted by molar-refractivity contribution is 6.09. The van der Waals surface area contributed by atoms with Crippen molar-refractivity contribution in [3.05, 3.63) is 64.2 Å². The van der Waals surface area contributed by atoms with Crippen LogP contribution in [0.2, 0.25) is 0 Å². The topological polar surface area (TPSA) is 97.6 Å². The van der Waals surface area contributed by atoms with E-state index in [4.69, 9.17) is 5.73 Å². The van der Waals surface area contributed by atoms with Gasteiger partial charge in [-0.1, -0.05) is 19.9 Å². The summed E-state index contributed by atoms with van der Waals surface area (Å²) in [7, 11) is 0. The third kappa shape index (κ3) is 6.27. The molecule has 1 aliphatic rings. The number of nitro groups is 1. The molecule has 0 aliphatic carbocycles. The Labute approximate surface area is 178 Å². The second kappa shape index (κ2) is 10.6. The van der Waals surface area contributed by atoms with Crippen LogP contribution >= 0.6 is 0 Å². The number of hydrogen-bond acceptors (Lipinski definition) is 6. The highest BCUT2D eigenvalue weighted by Gasteiger charge is 2.34. The number of allylic oxidation sites excluding steroid dienone is 1. The summed E-state index contributed by atoms with van der Waals surface area (Å²) in [4.78, 5) is 20.2. The van der Waals surface area contributed by atoms with Crippen LogP contribution in [0.3, 0.4) is 0 Å². The van der Waals surface area contributed by atoms with Crippen molar-refractivity contribution < 1.29 is 18.1 Å². The summed E-state index contributed by atoms with van der Waals surface area (Å²) < 4.78 is 40.7.